The van der Waals surface area contributed by atoms with E-state index in [1.54, 1.807) is 11.1 Å². The van der Waals surface area contributed by atoms with Crippen LogP contribution in [-0.4, -0.2) is 61.2 Å². The molecule has 3 rings (SSSR count). The number of hydrogen-bond acceptors (Lipinski definition) is 3. The van der Waals surface area contributed by atoms with E-state index in [2.05, 4.69) is 29.0 Å². The first kappa shape index (κ1) is 11.7. The Kier molecular flexibility index (Phi) is 3.24. The first-order valence-corrected chi connectivity index (χ1v) is 7.10. The summed E-state index contributed by atoms with van der Waals surface area (Å²) in [7, 11) is 0. The molecule has 0 aliphatic carbocycles. The average molecular weight is 235 g/mol. The molecular formula is C14H25N3. The van der Waals surface area contributed by atoms with Gasteiger partial charge in [-0.15, -0.1) is 0 Å². The van der Waals surface area contributed by atoms with Gasteiger partial charge in [-0.1, -0.05) is 5.57 Å². The van der Waals surface area contributed by atoms with Crippen LogP contribution in [0.1, 0.15) is 26.7 Å². The molecule has 2 atom stereocenters. The number of nitrogens with zero attached hydrogens (tertiary/aromatic N) is 2. The van der Waals surface area contributed by atoms with Crippen LogP contribution in [0.5, 0.6) is 0 Å². The fourth-order valence-electron chi connectivity index (χ4n) is 3.44. The van der Waals surface area contributed by atoms with E-state index in [1.165, 1.54) is 39.0 Å². The zero-order chi connectivity index (χ0) is 11.8. The van der Waals surface area contributed by atoms with Crippen molar-refractivity contribution in [3.8, 4) is 0 Å². The quantitative estimate of drug-likeness (QED) is 0.723. The third-order valence-corrected chi connectivity index (χ3v) is 4.79. The van der Waals surface area contributed by atoms with Gasteiger partial charge in [-0.05, 0) is 38.8 Å². The second kappa shape index (κ2) is 4.71. The molecule has 0 aromatic rings. The monoisotopic (exact) mass is 235 g/mol. The maximum atomic E-state index is 3.34. The van der Waals surface area contributed by atoms with Crippen LogP contribution in [0.4, 0.5) is 0 Å². The molecule has 0 aromatic heterocycles. The van der Waals surface area contributed by atoms with E-state index in [4.69, 9.17) is 0 Å². The van der Waals surface area contributed by atoms with Crippen molar-refractivity contribution in [2.45, 2.75) is 38.8 Å². The van der Waals surface area contributed by atoms with E-state index >= 15 is 0 Å². The zero-order valence-corrected chi connectivity index (χ0v) is 11.2. The van der Waals surface area contributed by atoms with Gasteiger partial charge >= 0.3 is 0 Å². The van der Waals surface area contributed by atoms with Crippen LogP contribution >= 0.6 is 0 Å². The number of fused-ring (bicyclic) bond motifs is 1. The van der Waals surface area contributed by atoms with Crippen molar-refractivity contribution < 1.29 is 0 Å². The van der Waals surface area contributed by atoms with Crippen molar-refractivity contribution >= 4 is 0 Å². The molecule has 0 saturated carbocycles. The van der Waals surface area contributed by atoms with Crippen molar-refractivity contribution in [3.05, 3.63) is 11.1 Å². The van der Waals surface area contributed by atoms with Gasteiger partial charge in [0.2, 0.25) is 0 Å². The molecule has 3 nitrogen and oxygen atoms in total. The third kappa shape index (κ3) is 2.28. The Balaban J connectivity index is 1.62. The Morgan fingerprint density at radius 2 is 2.18 bits per heavy atom. The third-order valence-electron chi connectivity index (χ3n) is 4.79. The Labute approximate surface area is 105 Å². The number of hydrogen-bond donors (Lipinski definition) is 1. The summed E-state index contributed by atoms with van der Waals surface area (Å²) in [6.07, 6.45) is 2.83. The SMILES string of the molecule is CC(CN1CC2CCCN2CC1C)=C1CNC1. The molecule has 3 heteroatoms. The summed E-state index contributed by atoms with van der Waals surface area (Å²) in [5.41, 5.74) is 3.26. The number of nitrogens with one attached hydrogen (secondary N) is 1. The molecule has 0 bridgehead atoms. The summed E-state index contributed by atoms with van der Waals surface area (Å²) in [6, 6.07) is 1.58. The van der Waals surface area contributed by atoms with E-state index in [-0.39, 0.29) is 0 Å². The van der Waals surface area contributed by atoms with Crippen molar-refractivity contribution in [2.75, 3.05) is 39.3 Å². The van der Waals surface area contributed by atoms with E-state index < -0.39 is 0 Å². The summed E-state index contributed by atoms with van der Waals surface area (Å²) in [4.78, 5) is 5.40. The fourth-order valence-corrected chi connectivity index (χ4v) is 3.44. The summed E-state index contributed by atoms with van der Waals surface area (Å²) in [5, 5.41) is 3.34. The maximum absolute atomic E-state index is 3.34. The Morgan fingerprint density at radius 3 is 2.88 bits per heavy atom. The van der Waals surface area contributed by atoms with Crippen LogP contribution in [0.15, 0.2) is 11.1 Å². The van der Waals surface area contributed by atoms with Gasteiger partial charge in [0.25, 0.3) is 0 Å². The summed E-state index contributed by atoms with van der Waals surface area (Å²) in [5.74, 6) is 0. The molecule has 3 heterocycles. The molecule has 0 radical (unpaired) electrons. The molecule has 0 aromatic carbocycles. The van der Waals surface area contributed by atoms with Crippen molar-refractivity contribution in [1.82, 2.24) is 15.1 Å². The lowest BCUT2D eigenvalue weighted by Crippen LogP contribution is -2.55. The molecule has 3 aliphatic rings. The predicted octanol–water partition coefficient (Wildman–Crippen LogP) is 1.07. The summed E-state index contributed by atoms with van der Waals surface area (Å²) in [6.45, 7) is 12.1. The molecule has 2 unspecified atom stereocenters. The van der Waals surface area contributed by atoms with E-state index in [0.29, 0.717) is 0 Å². The Hall–Kier alpha value is -0.380. The number of piperazine rings is 1. The minimum Gasteiger partial charge on any atom is -0.309 e. The first-order chi connectivity index (χ1) is 8.24. The van der Waals surface area contributed by atoms with Crippen LogP contribution in [0, 0.1) is 0 Å². The lowest BCUT2D eigenvalue weighted by molar-refractivity contribution is 0.0663. The van der Waals surface area contributed by atoms with Gasteiger partial charge in [0.15, 0.2) is 0 Å². The molecule has 3 fully saturated rings. The maximum Gasteiger partial charge on any atom is 0.0224 e. The molecule has 1 N–H and O–H groups in total. The van der Waals surface area contributed by atoms with Crippen molar-refractivity contribution in [2.24, 2.45) is 0 Å². The highest BCUT2D eigenvalue weighted by Crippen LogP contribution is 2.25. The highest BCUT2D eigenvalue weighted by molar-refractivity contribution is 5.22. The molecule has 96 valence electrons. The highest BCUT2D eigenvalue weighted by atomic mass is 15.3. The van der Waals surface area contributed by atoms with Crippen LogP contribution in [0.25, 0.3) is 0 Å². The summed E-state index contributed by atoms with van der Waals surface area (Å²) < 4.78 is 0. The molecule has 3 saturated heterocycles. The van der Waals surface area contributed by atoms with E-state index in [1.807, 2.05) is 0 Å². The largest absolute Gasteiger partial charge is 0.309 e. The lowest BCUT2D eigenvalue weighted by Gasteiger charge is -2.43. The number of rotatable bonds is 2. The standard InChI is InChI=1S/C14H25N3/c1-11(13-6-15-7-13)8-17-10-14-4-3-5-16(14)9-12(17)2/h12,14-15H,3-10H2,1-2H3. The van der Waals surface area contributed by atoms with Crippen LogP contribution in [0.2, 0.25) is 0 Å². The Morgan fingerprint density at radius 1 is 1.35 bits per heavy atom. The minimum atomic E-state index is 0.730. The normalized spacial score (nSPS) is 34.6. The van der Waals surface area contributed by atoms with Crippen molar-refractivity contribution in [1.29, 1.82) is 0 Å². The summed E-state index contributed by atoms with van der Waals surface area (Å²) >= 11 is 0. The smallest absolute Gasteiger partial charge is 0.0224 e. The zero-order valence-electron chi connectivity index (χ0n) is 11.2. The highest BCUT2D eigenvalue weighted by Gasteiger charge is 2.34. The molecule has 3 aliphatic heterocycles. The first-order valence-electron chi connectivity index (χ1n) is 7.10. The van der Waals surface area contributed by atoms with Gasteiger partial charge in [-0.2, -0.15) is 0 Å². The Bertz CT molecular complexity index is 317. The second-order valence-electron chi connectivity index (χ2n) is 6.06. The van der Waals surface area contributed by atoms with Gasteiger partial charge in [0.1, 0.15) is 0 Å². The van der Waals surface area contributed by atoms with E-state index in [9.17, 15) is 0 Å². The molecule has 0 spiro atoms. The second-order valence-corrected chi connectivity index (χ2v) is 6.06. The van der Waals surface area contributed by atoms with Gasteiger partial charge < -0.3 is 5.32 Å². The van der Waals surface area contributed by atoms with Gasteiger partial charge in [0, 0.05) is 44.8 Å². The molecule has 17 heavy (non-hydrogen) atoms. The van der Waals surface area contributed by atoms with Crippen LogP contribution in [0.3, 0.4) is 0 Å². The average Bonchev–Trinajstić information content (AvgIpc) is 2.62. The van der Waals surface area contributed by atoms with E-state index in [0.717, 1.165) is 25.2 Å². The van der Waals surface area contributed by atoms with Gasteiger partial charge in [0.05, 0.1) is 0 Å². The topological polar surface area (TPSA) is 18.5 Å². The van der Waals surface area contributed by atoms with Crippen molar-refractivity contribution in [3.63, 3.8) is 0 Å². The lowest BCUT2D eigenvalue weighted by atomic mass is 10.0. The predicted molar refractivity (Wildman–Crippen MR) is 71.2 cm³/mol. The van der Waals surface area contributed by atoms with Crippen LogP contribution in [-0.2, 0) is 0 Å². The van der Waals surface area contributed by atoms with Gasteiger partial charge in [-0.25, -0.2) is 0 Å². The minimum absolute atomic E-state index is 0.730. The fraction of sp³-hybridized carbons (Fsp3) is 0.857. The molecule has 0 amide bonds. The molecular weight excluding hydrogens is 210 g/mol. The van der Waals surface area contributed by atoms with Gasteiger partial charge in [-0.3, -0.25) is 9.80 Å². The van der Waals surface area contributed by atoms with Crippen LogP contribution < -0.4 is 5.32 Å².